The quantitative estimate of drug-likeness (QED) is 0.0204. The molecule has 14 heteroatoms. The predicted molar refractivity (Wildman–Crippen MR) is 388 cm³/mol. The Balaban J connectivity index is 1.63. The lowest BCUT2D eigenvalue weighted by atomic mass is 9.97. The van der Waals surface area contributed by atoms with Gasteiger partial charge in [-0.2, -0.15) is 0 Å². The average Bonchev–Trinajstić information content (AvgIpc) is 0.794. The van der Waals surface area contributed by atoms with Gasteiger partial charge < -0.3 is 65.1 Å². The van der Waals surface area contributed by atoms with Gasteiger partial charge in [0.15, 0.2) is 12.6 Å². The number of aliphatic hydroxyl groups is 8. The van der Waals surface area contributed by atoms with Gasteiger partial charge in [0, 0.05) is 6.42 Å². The van der Waals surface area contributed by atoms with E-state index in [0.29, 0.717) is 12.8 Å². The van der Waals surface area contributed by atoms with Crippen molar-refractivity contribution in [3.05, 3.63) is 36.5 Å². The molecule has 0 aliphatic carbocycles. The predicted octanol–water partition coefficient (Wildman–Crippen LogP) is 18.0. The summed E-state index contributed by atoms with van der Waals surface area (Å²) >= 11 is 0. The van der Waals surface area contributed by atoms with Crippen molar-refractivity contribution in [1.82, 2.24) is 5.32 Å². The molecule has 1 amide bonds. The van der Waals surface area contributed by atoms with Crippen LogP contribution in [0.5, 0.6) is 0 Å². The molecule has 94 heavy (non-hydrogen) atoms. The molecule has 2 rings (SSSR count). The van der Waals surface area contributed by atoms with Crippen LogP contribution in [0.15, 0.2) is 36.5 Å². The third-order valence-electron chi connectivity index (χ3n) is 19.8. The molecular formula is C80H151NO13. The fraction of sp³-hybridized carbons (Fsp3) is 0.912. The van der Waals surface area contributed by atoms with Crippen LogP contribution in [0.2, 0.25) is 0 Å². The first-order chi connectivity index (χ1) is 46.1. The van der Waals surface area contributed by atoms with Crippen molar-refractivity contribution in [2.45, 2.75) is 447 Å². The van der Waals surface area contributed by atoms with E-state index in [9.17, 15) is 45.6 Å². The normalized spacial score (nSPS) is 22.6. The van der Waals surface area contributed by atoms with Crippen LogP contribution in [0.25, 0.3) is 0 Å². The van der Waals surface area contributed by atoms with Gasteiger partial charge in [0.25, 0.3) is 0 Å². The Labute approximate surface area is 576 Å². The second kappa shape index (κ2) is 64.6. The highest BCUT2D eigenvalue weighted by molar-refractivity contribution is 5.76. The lowest BCUT2D eigenvalue weighted by molar-refractivity contribution is -0.359. The zero-order valence-corrected chi connectivity index (χ0v) is 60.7. The van der Waals surface area contributed by atoms with Gasteiger partial charge in [-0.15, -0.1) is 0 Å². The van der Waals surface area contributed by atoms with Gasteiger partial charge in [0.2, 0.25) is 5.91 Å². The first-order valence-corrected chi connectivity index (χ1v) is 40.2. The van der Waals surface area contributed by atoms with Gasteiger partial charge in [-0.1, -0.05) is 346 Å². The topological polar surface area (TPSA) is 228 Å². The number of rotatable bonds is 68. The molecule has 2 fully saturated rings. The Bertz CT molecular complexity index is 1720. The van der Waals surface area contributed by atoms with Crippen molar-refractivity contribution in [3.8, 4) is 0 Å². The van der Waals surface area contributed by atoms with Crippen LogP contribution in [0.3, 0.4) is 0 Å². The van der Waals surface area contributed by atoms with E-state index in [-0.39, 0.29) is 18.9 Å². The molecule has 0 bridgehead atoms. The molecule has 2 aliphatic rings. The number of carbonyl (C=O) groups excluding carboxylic acids is 1. The number of allylic oxidation sites excluding steroid dienone is 5. The summed E-state index contributed by atoms with van der Waals surface area (Å²) in [5.41, 5.74) is 0. The van der Waals surface area contributed by atoms with Gasteiger partial charge >= 0.3 is 0 Å². The molecule has 2 heterocycles. The van der Waals surface area contributed by atoms with Crippen LogP contribution >= 0.6 is 0 Å². The van der Waals surface area contributed by atoms with E-state index in [0.717, 1.165) is 32.1 Å². The Morgan fingerprint density at radius 2 is 0.681 bits per heavy atom. The zero-order chi connectivity index (χ0) is 68.0. The lowest BCUT2D eigenvalue weighted by Gasteiger charge is -2.46. The molecule has 2 aliphatic heterocycles. The fourth-order valence-electron chi connectivity index (χ4n) is 13.4. The van der Waals surface area contributed by atoms with Crippen LogP contribution in [0, 0.1) is 0 Å². The molecule has 12 atom stereocenters. The summed E-state index contributed by atoms with van der Waals surface area (Å²) in [4.78, 5) is 13.4. The van der Waals surface area contributed by atoms with Gasteiger partial charge in [-0.05, 0) is 57.8 Å². The van der Waals surface area contributed by atoms with Crippen LogP contribution < -0.4 is 5.32 Å². The molecule has 0 spiro atoms. The monoisotopic (exact) mass is 1330 g/mol. The SMILES string of the molecule is CCCCCCCCCC/C=C\CCCCCCCCCCCCCCCCCC(=O)NC(COC1OC(CO)C(OC2OC(CO)C(O)C(O)C2O)C(O)C1O)C(O)/C=C/CC/C=C/CCCCCCCCCCCCCCCCCCCCCCCCCCCCC. The summed E-state index contributed by atoms with van der Waals surface area (Å²) in [6.07, 6.45) is 68.1. The van der Waals surface area contributed by atoms with Crippen molar-refractivity contribution >= 4 is 5.91 Å². The minimum Gasteiger partial charge on any atom is -0.394 e. The smallest absolute Gasteiger partial charge is 0.220 e. The molecule has 0 aromatic carbocycles. The zero-order valence-electron chi connectivity index (χ0n) is 60.7. The van der Waals surface area contributed by atoms with Gasteiger partial charge in [-0.3, -0.25) is 4.79 Å². The summed E-state index contributed by atoms with van der Waals surface area (Å²) < 4.78 is 22.9. The second-order valence-corrected chi connectivity index (χ2v) is 28.5. The van der Waals surface area contributed by atoms with Crippen molar-refractivity contribution in [3.63, 3.8) is 0 Å². The number of amides is 1. The summed E-state index contributed by atoms with van der Waals surface area (Å²) in [5.74, 6) is -0.242. The van der Waals surface area contributed by atoms with Crippen molar-refractivity contribution in [2.75, 3.05) is 19.8 Å². The van der Waals surface area contributed by atoms with Crippen molar-refractivity contribution in [1.29, 1.82) is 0 Å². The Morgan fingerprint density at radius 3 is 1.04 bits per heavy atom. The number of hydrogen-bond acceptors (Lipinski definition) is 13. The maximum atomic E-state index is 13.4. The summed E-state index contributed by atoms with van der Waals surface area (Å²) in [6.45, 7) is 2.85. The number of ether oxygens (including phenoxy) is 4. The summed E-state index contributed by atoms with van der Waals surface area (Å²) in [5, 5.41) is 87.6. The van der Waals surface area contributed by atoms with Crippen LogP contribution in [0.1, 0.15) is 373 Å². The van der Waals surface area contributed by atoms with Gasteiger partial charge in [-0.25, -0.2) is 0 Å². The molecule has 0 saturated carbocycles. The average molecular weight is 1340 g/mol. The van der Waals surface area contributed by atoms with Gasteiger partial charge in [0.05, 0.1) is 32.0 Å². The molecule has 554 valence electrons. The minimum absolute atomic E-state index is 0.242. The molecular weight excluding hydrogens is 1180 g/mol. The fourth-order valence-corrected chi connectivity index (χ4v) is 13.4. The highest BCUT2D eigenvalue weighted by atomic mass is 16.7. The Kier molecular flexibility index (Phi) is 60.7. The molecule has 9 N–H and O–H groups in total. The summed E-state index contributed by atoms with van der Waals surface area (Å²) in [7, 11) is 0. The first kappa shape index (κ1) is 88.3. The number of aliphatic hydroxyl groups excluding tert-OH is 8. The van der Waals surface area contributed by atoms with E-state index in [1.165, 1.54) is 308 Å². The standard InChI is InChI=1S/C80H151NO13/c1-3-5-7-9-11-13-15-17-19-21-23-25-27-29-31-32-33-34-35-36-38-39-41-43-45-47-49-51-53-55-57-59-61-63-69(84)68(67-91-79-77(90)75(88)78(71(66-83)93-79)94-80-76(89)74(87)73(86)70(65-82)92-80)81-72(85)64-62-60-58-56-54-52-50-48-46-44-42-40-37-30-28-26-24-22-20-18-16-14-12-10-8-6-4-2/h22,24,53,55,61,63,68-71,73-80,82-84,86-90H,3-21,23,25-52,54,56-60,62,64-67H2,1-2H3,(H,81,85)/b24-22-,55-53+,63-61+. The van der Waals surface area contributed by atoms with E-state index >= 15 is 0 Å². The molecule has 0 radical (unpaired) electrons. The maximum absolute atomic E-state index is 13.4. The van der Waals surface area contributed by atoms with E-state index in [1.807, 2.05) is 6.08 Å². The largest absolute Gasteiger partial charge is 0.394 e. The minimum atomic E-state index is -1.79. The third-order valence-corrected chi connectivity index (χ3v) is 19.8. The Hall–Kier alpha value is -1.79. The number of hydrogen-bond donors (Lipinski definition) is 9. The number of nitrogens with one attached hydrogen (secondary N) is 1. The van der Waals surface area contributed by atoms with Crippen molar-refractivity contribution in [2.24, 2.45) is 0 Å². The van der Waals surface area contributed by atoms with E-state index in [4.69, 9.17) is 18.9 Å². The molecule has 2 saturated heterocycles. The van der Waals surface area contributed by atoms with Crippen LogP contribution in [-0.2, 0) is 23.7 Å². The number of unbranched alkanes of at least 4 members (excludes halogenated alkanes) is 51. The first-order valence-electron chi connectivity index (χ1n) is 40.2. The Morgan fingerprint density at radius 1 is 0.372 bits per heavy atom. The molecule has 12 unspecified atom stereocenters. The van der Waals surface area contributed by atoms with Crippen LogP contribution in [-0.4, -0.2) is 140 Å². The van der Waals surface area contributed by atoms with Gasteiger partial charge in [0.1, 0.15) is 48.8 Å². The number of carbonyl (C=O) groups is 1. The highest BCUT2D eigenvalue weighted by Crippen LogP contribution is 2.30. The second-order valence-electron chi connectivity index (χ2n) is 28.5. The van der Waals surface area contributed by atoms with E-state index in [1.54, 1.807) is 6.08 Å². The van der Waals surface area contributed by atoms with Crippen molar-refractivity contribution < 1.29 is 64.6 Å². The maximum Gasteiger partial charge on any atom is 0.220 e. The molecule has 0 aromatic rings. The van der Waals surface area contributed by atoms with Crippen LogP contribution in [0.4, 0.5) is 0 Å². The lowest BCUT2D eigenvalue weighted by Crippen LogP contribution is -2.65. The molecule has 14 nitrogen and oxygen atoms in total. The molecule has 0 aromatic heterocycles. The van der Waals surface area contributed by atoms with E-state index in [2.05, 4.69) is 43.5 Å². The summed E-state index contributed by atoms with van der Waals surface area (Å²) in [6, 6.07) is -0.933. The third kappa shape index (κ3) is 47.3. The highest BCUT2D eigenvalue weighted by Gasteiger charge is 2.51. The van der Waals surface area contributed by atoms with E-state index < -0.39 is 86.8 Å².